The highest BCUT2D eigenvalue weighted by Crippen LogP contribution is 2.31. The van der Waals surface area contributed by atoms with Crippen LogP contribution >= 0.6 is 0 Å². The maximum absolute atomic E-state index is 13.4. The third kappa shape index (κ3) is 6.40. The average Bonchev–Trinajstić information content (AvgIpc) is 2.76. The molecule has 2 N–H and O–H groups in total. The largest absolute Gasteiger partial charge is 0.372 e. The summed E-state index contributed by atoms with van der Waals surface area (Å²) < 4.78 is 26.8. The van der Waals surface area contributed by atoms with Crippen molar-refractivity contribution >= 4 is 12.5 Å². The van der Waals surface area contributed by atoms with E-state index in [9.17, 15) is 8.78 Å². The third-order valence-corrected chi connectivity index (χ3v) is 4.47. The molecule has 1 aromatic heterocycles. The number of primary amides is 1. The third-order valence-electron chi connectivity index (χ3n) is 4.47. The van der Waals surface area contributed by atoms with Crippen molar-refractivity contribution in [3.05, 3.63) is 89.8 Å². The molecule has 0 aliphatic heterocycles. The van der Waals surface area contributed by atoms with Gasteiger partial charge in [-0.15, -0.1) is 0 Å². The molecule has 0 aliphatic carbocycles. The van der Waals surface area contributed by atoms with Gasteiger partial charge in [0.05, 0.1) is 22.8 Å². The molecule has 0 saturated carbocycles. The van der Waals surface area contributed by atoms with Crippen LogP contribution in [0, 0.1) is 18.6 Å². The van der Waals surface area contributed by atoms with Gasteiger partial charge in [-0.05, 0) is 73.5 Å². The molecule has 4 nitrogen and oxygen atoms in total. The lowest BCUT2D eigenvalue weighted by Gasteiger charge is -2.13. The van der Waals surface area contributed by atoms with Crippen LogP contribution in [-0.2, 0) is 4.79 Å². The quantitative estimate of drug-likeness (QED) is 0.400. The van der Waals surface area contributed by atoms with E-state index >= 15 is 0 Å². The van der Waals surface area contributed by atoms with Gasteiger partial charge in [0.15, 0.2) is 0 Å². The number of hydrogen-bond donors (Lipinski definition) is 1. The van der Waals surface area contributed by atoms with Gasteiger partial charge in [0.2, 0.25) is 6.41 Å². The normalized spacial score (nSPS) is 10.8. The summed E-state index contributed by atoms with van der Waals surface area (Å²) in [5.41, 5.74) is 9.52. The molecule has 0 aliphatic rings. The van der Waals surface area contributed by atoms with Crippen LogP contribution in [0.5, 0.6) is 0 Å². The van der Waals surface area contributed by atoms with E-state index in [1.54, 1.807) is 24.3 Å². The zero-order valence-corrected chi connectivity index (χ0v) is 17.6. The summed E-state index contributed by atoms with van der Waals surface area (Å²) >= 11 is 0. The zero-order valence-electron chi connectivity index (χ0n) is 17.6. The summed E-state index contributed by atoms with van der Waals surface area (Å²) in [5.74, 6) is -0.629. The first-order valence-electron chi connectivity index (χ1n) is 9.82. The average molecular weight is 421 g/mol. The maximum Gasteiger partial charge on any atom is 0.204 e. The molecule has 0 radical (unpaired) electrons. The van der Waals surface area contributed by atoms with Gasteiger partial charge in [-0.2, -0.15) is 0 Å². The van der Waals surface area contributed by atoms with Crippen LogP contribution in [0.3, 0.4) is 0 Å². The Hall–Kier alpha value is -3.67. The van der Waals surface area contributed by atoms with Gasteiger partial charge in [0.25, 0.3) is 0 Å². The molecular formula is C25H25F2N3O. The Kier molecular flexibility index (Phi) is 8.76. The Morgan fingerprint density at radius 2 is 1.42 bits per heavy atom. The number of amides is 1. The second-order valence-electron chi connectivity index (χ2n) is 6.71. The number of halogens is 2. The predicted octanol–water partition coefficient (Wildman–Crippen LogP) is 5.87. The van der Waals surface area contributed by atoms with Gasteiger partial charge in [-0.25, -0.2) is 18.7 Å². The van der Waals surface area contributed by atoms with Crippen molar-refractivity contribution < 1.29 is 13.6 Å². The molecule has 160 valence electrons. The van der Waals surface area contributed by atoms with Gasteiger partial charge in [0, 0.05) is 11.1 Å². The molecule has 3 aromatic rings. The van der Waals surface area contributed by atoms with E-state index in [-0.39, 0.29) is 18.0 Å². The van der Waals surface area contributed by atoms with Gasteiger partial charge >= 0.3 is 0 Å². The van der Waals surface area contributed by atoms with Crippen LogP contribution < -0.4 is 5.73 Å². The SMILES string of the molecule is C=C/C(=C\c1nc(-c2ccc(F)cc2)c(-c2ccc(F)cc2)nc1C)CCC.NC=O. The van der Waals surface area contributed by atoms with Gasteiger partial charge in [-0.3, -0.25) is 4.79 Å². The number of hydrogen-bond acceptors (Lipinski definition) is 3. The minimum Gasteiger partial charge on any atom is -0.372 e. The van der Waals surface area contributed by atoms with Crippen LogP contribution in [0.2, 0.25) is 0 Å². The number of carbonyl (C=O) groups is 1. The molecule has 3 rings (SSSR count). The van der Waals surface area contributed by atoms with Crippen molar-refractivity contribution in [2.45, 2.75) is 26.7 Å². The molecule has 31 heavy (non-hydrogen) atoms. The number of nitrogens with zero attached hydrogens (tertiary/aromatic N) is 2. The van der Waals surface area contributed by atoms with E-state index < -0.39 is 0 Å². The lowest BCUT2D eigenvalue weighted by Crippen LogP contribution is -2.00. The van der Waals surface area contributed by atoms with E-state index in [2.05, 4.69) is 19.2 Å². The van der Waals surface area contributed by atoms with Gasteiger partial charge in [-0.1, -0.05) is 26.0 Å². The number of rotatable bonds is 6. The monoisotopic (exact) mass is 421 g/mol. The zero-order chi connectivity index (χ0) is 22.8. The smallest absolute Gasteiger partial charge is 0.204 e. The fourth-order valence-electron chi connectivity index (χ4n) is 2.98. The minimum absolute atomic E-state index is 0.250. The molecule has 0 saturated heterocycles. The second kappa shape index (κ2) is 11.5. The first-order valence-corrected chi connectivity index (χ1v) is 9.82. The van der Waals surface area contributed by atoms with E-state index in [1.807, 2.05) is 19.1 Å². The van der Waals surface area contributed by atoms with Crippen LogP contribution in [-0.4, -0.2) is 16.4 Å². The molecule has 0 fully saturated rings. The van der Waals surface area contributed by atoms with Gasteiger partial charge < -0.3 is 5.73 Å². The highest BCUT2D eigenvalue weighted by Gasteiger charge is 2.15. The molecular weight excluding hydrogens is 396 g/mol. The van der Waals surface area contributed by atoms with Crippen molar-refractivity contribution in [3.8, 4) is 22.5 Å². The summed E-state index contributed by atoms with van der Waals surface area (Å²) in [6.07, 6.45) is 5.97. The fraction of sp³-hybridized carbons (Fsp3) is 0.160. The summed E-state index contributed by atoms with van der Waals surface area (Å²) in [5, 5.41) is 0. The second-order valence-corrected chi connectivity index (χ2v) is 6.71. The van der Waals surface area contributed by atoms with Gasteiger partial charge in [0.1, 0.15) is 11.6 Å². The van der Waals surface area contributed by atoms with Crippen molar-refractivity contribution in [1.29, 1.82) is 0 Å². The number of aromatic nitrogens is 2. The highest BCUT2D eigenvalue weighted by atomic mass is 19.1. The molecule has 0 bridgehead atoms. The van der Waals surface area contributed by atoms with Crippen LogP contribution in [0.4, 0.5) is 8.78 Å². The number of allylic oxidation sites excluding steroid dienone is 2. The lowest BCUT2D eigenvalue weighted by atomic mass is 10.0. The topological polar surface area (TPSA) is 68.9 Å². The van der Waals surface area contributed by atoms with E-state index in [0.29, 0.717) is 11.4 Å². The number of aryl methyl sites for hydroxylation is 1. The van der Waals surface area contributed by atoms with Crippen molar-refractivity contribution in [2.75, 3.05) is 0 Å². The Labute approximate surface area is 181 Å². The van der Waals surface area contributed by atoms with E-state index in [1.165, 1.54) is 24.3 Å². The number of benzene rings is 2. The number of carbonyl (C=O) groups excluding carboxylic acids is 1. The number of nitrogens with two attached hydrogens (primary N) is 1. The molecule has 1 amide bonds. The van der Waals surface area contributed by atoms with Crippen LogP contribution in [0.25, 0.3) is 28.6 Å². The van der Waals surface area contributed by atoms with Crippen molar-refractivity contribution in [1.82, 2.24) is 9.97 Å². The molecule has 0 unspecified atom stereocenters. The molecule has 0 spiro atoms. The summed E-state index contributed by atoms with van der Waals surface area (Å²) in [7, 11) is 0. The Balaban J connectivity index is 0.00000107. The first-order chi connectivity index (χ1) is 14.9. The molecule has 0 atom stereocenters. The fourth-order valence-corrected chi connectivity index (χ4v) is 2.98. The molecule has 1 heterocycles. The molecule has 6 heteroatoms. The summed E-state index contributed by atoms with van der Waals surface area (Å²) in [4.78, 5) is 18.2. The van der Waals surface area contributed by atoms with E-state index in [0.717, 1.165) is 40.9 Å². The predicted molar refractivity (Wildman–Crippen MR) is 121 cm³/mol. The minimum atomic E-state index is -0.316. The van der Waals surface area contributed by atoms with E-state index in [4.69, 9.17) is 14.8 Å². The Morgan fingerprint density at radius 1 is 0.968 bits per heavy atom. The van der Waals surface area contributed by atoms with Crippen molar-refractivity contribution in [3.63, 3.8) is 0 Å². The van der Waals surface area contributed by atoms with Crippen LogP contribution in [0.1, 0.15) is 31.2 Å². The summed E-state index contributed by atoms with van der Waals surface area (Å²) in [6, 6.07) is 12.3. The van der Waals surface area contributed by atoms with Crippen molar-refractivity contribution in [2.24, 2.45) is 5.73 Å². The Bertz CT molecular complexity index is 1060. The summed E-state index contributed by atoms with van der Waals surface area (Å²) in [6.45, 7) is 7.88. The highest BCUT2D eigenvalue weighted by molar-refractivity contribution is 5.79. The lowest BCUT2D eigenvalue weighted by molar-refractivity contribution is -0.106. The Morgan fingerprint density at radius 3 is 1.84 bits per heavy atom. The maximum atomic E-state index is 13.4. The standard InChI is InChI=1S/C24H22F2N2.CH3NO/c1-4-6-17(5-2)15-22-16(3)27-23(18-7-11-20(25)12-8-18)24(28-22)19-9-13-21(26)14-10-19;2-1-3/h5,7-15H,2,4,6H2,1,3H3;1H,(H2,2,3)/b17-15+;. The van der Waals surface area contributed by atoms with Crippen LogP contribution in [0.15, 0.2) is 66.8 Å². The molecule has 2 aromatic carbocycles. The first kappa shape index (κ1) is 23.6.